The summed E-state index contributed by atoms with van der Waals surface area (Å²) in [5.41, 5.74) is 7.06. The van der Waals surface area contributed by atoms with Crippen molar-refractivity contribution < 1.29 is 22.7 Å². The number of thioether (sulfide) groups is 1. The largest absolute Gasteiger partial charge is 0.573 e. The number of thiazole rings is 1. The zero-order chi connectivity index (χ0) is 18.7. The molecule has 1 amide bonds. The topological polar surface area (TPSA) is 77.2 Å². The van der Waals surface area contributed by atoms with E-state index in [2.05, 4.69) is 15.0 Å². The molecule has 3 N–H and O–H groups in total. The highest BCUT2D eigenvalue weighted by atomic mass is 32.2. The van der Waals surface area contributed by atoms with Gasteiger partial charge in [0.1, 0.15) is 0 Å². The van der Waals surface area contributed by atoms with Gasteiger partial charge >= 0.3 is 6.36 Å². The summed E-state index contributed by atoms with van der Waals surface area (Å²) in [5.74, 6) is -0.934. The van der Waals surface area contributed by atoms with Gasteiger partial charge in [0.15, 0.2) is 10.1 Å². The number of nitrogens with two attached hydrogens (primary N) is 1. The van der Waals surface area contributed by atoms with Gasteiger partial charge in [0, 0.05) is 5.69 Å². The highest BCUT2D eigenvalue weighted by Gasteiger charge is 2.32. The average molecular weight is 399 g/mol. The van der Waals surface area contributed by atoms with Crippen LogP contribution in [0.2, 0.25) is 0 Å². The van der Waals surface area contributed by atoms with Crippen molar-refractivity contribution in [1.82, 2.24) is 4.98 Å². The maximum absolute atomic E-state index is 12.4. The van der Waals surface area contributed by atoms with E-state index in [0.717, 1.165) is 16.3 Å². The number of hydrogen-bond donors (Lipinski definition) is 2. The van der Waals surface area contributed by atoms with Crippen molar-refractivity contribution >= 4 is 50.6 Å². The van der Waals surface area contributed by atoms with Crippen molar-refractivity contribution in [2.45, 2.75) is 10.7 Å². The second-order valence-electron chi connectivity index (χ2n) is 5.09. The number of amides is 1. The van der Waals surface area contributed by atoms with Crippen molar-refractivity contribution in [2.75, 3.05) is 16.8 Å². The summed E-state index contributed by atoms with van der Waals surface area (Å²) >= 11 is 2.58. The number of para-hydroxylation sites is 2. The van der Waals surface area contributed by atoms with Crippen LogP contribution in [0.1, 0.15) is 0 Å². The molecule has 0 atom stereocenters. The number of fused-ring (bicyclic) bond motifs is 1. The monoisotopic (exact) mass is 399 g/mol. The Hall–Kier alpha value is -2.46. The molecule has 0 aliphatic carbocycles. The lowest BCUT2D eigenvalue weighted by molar-refractivity contribution is -0.274. The van der Waals surface area contributed by atoms with Gasteiger partial charge in [0.05, 0.1) is 21.7 Å². The van der Waals surface area contributed by atoms with Crippen LogP contribution in [0.3, 0.4) is 0 Å². The van der Waals surface area contributed by atoms with Crippen LogP contribution in [0.5, 0.6) is 5.75 Å². The Morgan fingerprint density at radius 2 is 2.04 bits per heavy atom. The van der Waals surface area contributed by atoms with Crippen LogP contribution in [-0.2, 0) is 4.79 Å². The normalized spacial score (nSPS) is 11.5. The smallest absolute Gasteiger partial charge is 0.404 e. The first-order valence-electron chi connectivity index (χ1n) is 7.24. The van der Waals surface area contributed by atoms with Crippen molar-refractivity contribution in [1.29, 1.82) is 0 Å². The molecule has 0 fully saturated rings. The Morgan fingerprint density at radius 1 is 1.27 bits per heavy atom. The molecular weight excluding hydrogens is 387 g/mol. The highest BCUT2D eigenvalue weighted by Crippen LogP contribution is 2.32. The van der Waals surface area contributed by atoms with E-state index in [-0.39, 0.29) is 11.4 Å². The van der Waals surface area contributed by atoms with Crippen LogP contribution in [-0.4, -0.2) is 23.0 Å². The van der Waals surface area contributed by atoms with Gasteiger partial charge in [-0.25, -0.2) is 4.98 Å². The number of carbonyl (C=O) groups excluding carboxylic acids is 1. The molecule has 3 rings (SSSR count). The molecule has 0 radical (unpaired) electrons. The molecule has 10 heteroatoms. The van der Waals surface area contributed by atoms with Crippen LogP contribution in [0.15, 0.2) is 46.8 Å². The van der Waals surface area contributed by atoms with E-state index in [9.17, 15) is 18.0 Å². The Balaban J connectivity index is 1.64. The fourth-order valence-corrected chi connectivity index (χ4v) is 4.00. The Bertz CT molecular complexity index is 944. The van der Waals surface area contributed by atoms with Crippen LogP contribution in [0, 0.1) is 0 Å². The fourth-order valence-electron chi connectivity index (χ4n) is 2.08. The summed E-state index contributed by atoms with van der Waals surface area (Å²) < 4.78 is 42.7. The number of alkyl halides is 3. The number of nitrogens with zero attached hydrogens (tertiary/aromatic N) is 1. The van der Waals surface area contributed by atoms with E-state index in [0.29, 0.717) is 10.0 Å². The fraction of sp³-hybridized carbons (Fsp3) is 0.125. The predicted molar refractivity (Wildman–Crippen MR) is 96.5 cm³/mol. The third-order valence-electron chi connectivity index (χ3n) is 3.11. The zero-order valence-electron chi connectivity index (χ0n) is 13.0. The molecule has 2 aromatic carbocycles. The molecule has 0 spiro atoms. The van der Waals surface area contributed by atoms with E-state index in [1.807, 2.05) is 0 Å². The first-order valence-corrected chi connectivity index (χ1v) is 9.04. The van der Waals surface area contributed by atoms with E-state index in [1.54, 1.807) is 18.2 Å². The maximum atomic E-state index is 12.4. The summed E-state index contributed by atoms with van der Waals surface area (Å²) in [6.45, 7) is 0. The molecule has 0 saturated carbocycles. The highest BCUT2D eigenvalue weighted by molar-refractivity contribution is 8.01. The second kappa shape index (κ2) is 7.42. The van der Waals surface area contributed by atoms with E-state index in [1.165, 1.54) is 41.3 Å². The van der Waals surface area contributed by atoms with E-state index < -0.39 is 18.0 Å². The first-order chi connectivity index (χ1) is 12.3. The van der Waals surface area contributed by atoms with Gasteiger partial charge in [-0.05, 0) is 30.3 Å². The van der Waals surface area contributed by atoms with Gasteiger partial charge in [-0.1, -0.05) is 23.9 Å². The molecule has 1 heterocycles. The molecule has 26 heavy (non-hydrogen) atoms. The lowest BCUT2D eigenvalue weighted by atomic mass is 10.3. The minimum Gasteiger partial charge on any atom is -0.404 e. The maximum Gasteiger partial charge on any atom is 0.573 e. The molecule has 1 aromatic heterocycles. The molecule has 3 aromatic rings. The second-order valence-corrected chi connectivity index (χ2v) is 7.34. The molecule has 0 aliphatic heterocycles. The molecule has 0 unspecified atom stereocenters. The van der Waals surface area contributed by atoms with Crippen LogP contribution < -0.4 is 15.8 Å². The average Bonchev–Trinajstić information content (AvgIpc) is 2.95. The lowest BCUT2D eigenvalue weighted by Crippen LogP contribution is -2.20. The number of carbonyl (C=O) groups is 1. The number of hydrogen-bond acceptors (Lipinski definition) is 6. The number of nitrogen functional groups attached to an aromatic ring is 1. The number of halogens is 3. The predicted octanol–water partition coefficient (Wildman–Crippen LogP) is 4.51. The third-order valence-corrected chi connectivity index (χ3v) is 5.27. The zero-order valence-corrected chi connectivity index (χ0v) is 14.7. The molecule has 0 bridgehead atoms. The number of anilines is 2. The van der Waals surface area contributed by atoms with Crippen molar-refractivity contribution in [3.63, 3.8) is 0 Å². The van der Waals surface area contributed by atoms with E-state index in [4.69, 9.17) is 5.73 Å². The number of rotatable bonds is 5. The first kappa shape index (κ1) is 18.3. The molecule has 0 saturated heterocycles. The van der Waals surface area contributed by atoms with Crippen molar-refractivity contribution in [3.8, 4) is 5.75 Å². The minimum atomic E-state index is -4.83. The van der Waals surface area contributed by atoms with Gasteiger partial charge in [-0.2, -0.15) is 0 Å². The number of nitrogens with one attached hydrogen (secondary N) is 1. The van der Waals surface area contributed by atoms with Gasteiger partial charge in [-0.3, -0.25) is 4.79 Å². The number of ether oxygens (including phenoxy) is 1. The Kier molecular flexibility index (Phi) is 5.23. The summed E-state index contributed by atoms with van der Waals surface area (Å²) in [6.07, 6.45) is -4.83. The van der Waals surface area contributed by atoms with Crippen molar-refractivity contribution in [2.24, 2.45) is 0 Å². The minimum absolute atomic E-state index is 0.00431. The summed E-state index contributed by atoms with van der Waals surface area (Å²) in [7, 11) is 0. The number of benzene rings is 2. The van der Waals surface area contributed by atoms with Crippen LogP contribution in [0.4, 0.5) is 24.5 Å². The van der Waals surface area contributed by atoms with Gasteiger partial charge in [0.2, 0.25) is 5.91 Å². The molecule has 136 valence electrons. The van der Waals surface area contributed by atoms with Gasteiger partial charge in [-0.15, -0.1) is 24.5 Å². The Labute approximate surface area is 154 Å². The molecular formula is C16H12F3N3O2S2. The summed E-state index contributed by atoms with van der Waals surface area (Å²) in [4.78, 5) is 16.4. The van der Waals surface area contributed by atoms with Gasteiger partial charge in [0.25, 0.3) is 0 Å². The Morgan fingerprint density at radius 3 is 2.81 bits per heavy atom. The lowest BCUT2D eigenvalue weighted by Gasteiger charge is -2.13. The van der Waals surface area contributed by atoms with Gasteiger partial charge < -0.3 is 15.8 Å². The quantitative estimate of drug-likeness (QED) is 0.488. The standard InChI is InChI=1S/C16H12F3N3O2S2/c17-16(18,19)24-12-4-2-1-3-10(12)21-14(23)8-25-15-22-11-6-5-9(20)7-13(11)26-15/h1-7H,8,20H2,(H,21,23). The van der Waals surface area contributed by atoms with Crippen molar-refractivity contribution in [3.05, 3.63) is 42.5 Å². The third kappa shape index (κ3) is 4.79. The van der Waals surface area contributed by atoms with E-state index >= 15 is 0 Å². The molecule has 0 aliphatic rings. The van der Waals surface area contributed by atoms with Crippen LogP contribution >= 0.6 is 23.1 Å². The number of aromatic nitrogens is 1. The summed E-state index contributed by atoms with van der Waals surface area (Å²) in [6, 6.07) is 10.7. The van der Waals surface area contributed by atoms with Crippen LogP contribution in [0.25, 0.3) is 10.2 Å². The summed E-state index contributed by atoms with van der Waals surface area (Å²) in [5, 5.41) is 2.42. The molecule has 5 nitrogen and oxygen atoms in total. The SMILES string of the molecule is Nc1ccc2nc(SCC(=O)Nc3ccccc3OC(F)(F)F)sc2c1.